The minimum absolute atomic E-state index is 0.0136. The summed E-state index contributed by atoms with van der Waals surface area (Å²) in [4.78, 5) is 14.8. The third-order valence-electron chi connectivity index (χ3n) is 3.19. The summed E-state index contributed by atoms with van der Waals surface area (Å²) in [6.07, 6.45) is 0.721. The first-order valence-electron chi connectivity index (χ1n) is 7.42. The van der Waals surface area contributed by atoms with E-state index in [0.717, 1.165) is 6.42 Å². The number of anilines is 1. The second-order valence-corrected chi connectivity index (χ2v) is 4.89. The fraction of sp³-hybridized carbons (Fsp3) is 0.294. The van der Waals surface area contributed by atoms with Gasteiger partial charge in [-0.05, 0) is 18.6 Å². The molecular weight excluding hydrogens is 312 g/mol. The SMILES string of the molecule is COc1cc(OC)cc(OCCCNc2cccc(C(=O)O)n2)c1. The second-order valence-electron chi connectivity index (χ2n) is 4.89. The number of hydrogen-bond acceptors (Lipinski definition) is 6. The predicted molar refractivity (Wildman–Crippen MR) is 89.3 cm³/mol. The van der Waals surface area contributed by atoms with Gasteiger partial charge in [0.05, 0.1) is 20.8 Å². The highest BCUT2D eigenvalue weighted by atomic mass is 16.5. The summed E-state index contributed by atoms with van der Waals surface area (Å²) in [6, 6.07) is 10.2. The first-order valence-corrected chi connectivity index (χ1v) is 7.42. The molecule has 0 bridgehead atoms. The number of methoxy groups -OCH3 is 2. The first kappa shape index (κ1) is 17.4. The second kappa shape index (κ2) is 8.61. The number of nitrogens with one attached hydrogen (secondary N) is 1. The van der Waals surface area contributed by atoms with Crippen LogP contribution in [0.5, 0.6) is 17.2 Å². The summed E-state index contributed by atoms with van der Waals surface area (Å²) in [6.45, 7) is 1.10. The van der Waals surface area contributed by atoms with Crippen molar-refractivity contribution in [1.29, 1.82) is 0 Å². The number of hydrogen-bond donors (Lipinski definition) is 2. The normalized spacial score (nSPS) is 10.1. The number of carboxylic acids is 1. The first-order chi connectivity index (χ1) is 11.6. The van der Waals surface area contributed by atoms with E-state index >= 15 is 0 Å². The van der Waals surface area contributed by atoms with Crippen LogP contribution in [0.4, 0.5) is 5.82 Å². The van der Waals surface area contributed by atoms with Crippen LogP contribution in [0.3, 0.4) is 0 Å². The maximum Gasteiger partial charge on any atom is 0.354 e. The fourth-order valence-electron chi connectivity index (χ4n) is 2.00. The molecule has 0 radical (unpaired) electrons. The van der Waals surface area contributed by atoms with E-state index in [-0.39, 0.29) is 5.69 Å². The summed E-state index contributed by atoms with van der Waals surface area (Å²) in [7, 11) is 3.17. The standard InChI is InChI=1S/C17H20N2O5/c1-22-12-9-13(23-2)11-14(10-12)24-8-4-7-18-16-6-3-5-15(19-16)17(20)21/h3,5-6,9-11H,4,7-8H2,1-2H3,(H,18,19)(H,20,21). The largest absolute Gasteiger partial charge is 0.496 e. The molecule has 1 aromatic carbocycles. The number of carboxylic acid groups (broad SMARTS) is 1. The number of carbonyl (C=O) groups is 1. The molecule has 0 spiro atoms. The van der Waals surface area contributed by atoms with Gasteiger partial charge >= 0.3 is 5.97 Å². The van der Waals surface area contributed by atoms with Gasteiger partial charge in [0.25, 0.3) is 0 Å². The Morgan fingerprint density at radius 3 is 2.42 bits per heavy atom. The lowest BCUT2D eigenvalue weighted by molar-refractivity contribution is 0.0690. The molecule has 0 atom stereocenters. The Hall–Kier alpha value is -2.96. The Balaban J connectivity index is 1.79. The molecule has 0 fully saturated rings. The van der Waals surface area contributed by atoms with Crippen LogP contribution in [-0.2, 0) is 0 Å². The number of pyridine rings is 1. The van der Waals surface area contributed by atoms with Crippen molar-refractivity contribution in [2.45, 2.75) is 6.42 Å². The Kier molecular flexibility index (Phi) is 6.24. The third-order valence-corrected chi connectivity index (χ3v) is 3.19. The molecule has 0 aliphatic heterocycles. The van der Waals surface area contributed by atoms with Gasteiger partial charge in [-0.25, -0.2) is 9.78 Å². The molecule has 2 aromatic rings. The molecule has 0 aliphatic carbocycles. The molecule has 7 heteroatoms. The highest BCUT2D eigenvalue weighted by molar-refractivity contribution is 5.85. The average Bonchev–Trinajstić information content (AvgIpc) is 2.61. The topological polar surface area (TPSA) is 89.9 Å². The maximum atomic E-state index is 10.9. The van der Waals surface area contributed by atoms with Gasteiger partial charge in [0.15, 0.2) is 5.69 Å². The monoisotopic (exact) mass is 332 g/mol. The van der Waals surface area contributed by atoms with Gasteiger partial charge in [0.1, 0.15) is 23.1 Å². The highest BCUT2D eigenvalue weighted by Gasteiger charge is 2.05. The van der Waals surface area contributed by atoms with Crippen LogP contribution < -0.4 is 19.5 Å². The summed E-state index contributed by atoms with van der Waals surface area (Å²) in [5.41, 5.74) is 0.0136. The molecule has 128 valence electrons. The Labute approximate surface area is 140 Å². The van der Waals surface area contributed by atoms with Gasteiger partial charge in [-0.3, -0.25) is 0 Å². The minimum atomic E-state index is -1.05. The van der Waals surface area contributed by atoms with Crippen molar-refractivity contribution in [3.63, 3.8) is 0 Å². The number of rotatable bonds is 9. The predicted octanol–water partition coefficient (Wildman–Crippen LogP) is 2.68. The van der Waals surface area contributed by atoms with Gasteiger partial charge in [-0.15, -0.1) is 0 Å². The van der Waals surface area contributed by atoms with Crippen molar-refractivity contribution >= 4 is 11.8 Å². The molecule has 1 aromatic heterocycles. The summed E-state index contributed by atoms with van der Waals surface area (Å²) in [5.74, 6) is 1.47. The van der Waals surface area contributed by atoms with Crippen molar-refractivity contribution in [3.8, 4) is 17.2 Å². The number of benzene rings is 1. The van der Waals surface area contributed by atoms with Crippen LogP contribution >= 0.6 is 0 Å². The number of nitrogens with zero attached hydrogens (tertiary/aromatic N) is 1. The van der Waals surface area contributed by atoms with Crippen LogP contribution in [-0.4, -0.2) is 43.4 Å². The molecule has 0 saturated carbocycles. The van der Waals surface area contributed by atoms with Crippen LogP contribution in [0.1, 0.15) is 16.9 Å². The van der Waals surface area contributed by atoms with Gasteiger partial charge < -0.3 is 24.6 Å². The Morgan fingerprint density at radius 2 is 1.79 bits per heavy atom. The quantitative estimate of drug-likeness (QED) is 0.682. The molecule has 24 heavy (non-hydrogen) atoms. The number of aromatic carboxylic acids is 1. The lowest BCUT2D eigenvalue weighted by atomic mass is 10.3. The zero-order valence-corrected chi connectivity index (χ0v) is 13.6. The zero-order valence-electron chi connectivity index (χ0n) is 13.6. The van der Waals surface area contributed by atoms with Crippen LogP contribution in [0.25, 0.3) is 0 Å². The highest BCUT2D eigenvalue weighted by Crippen LogP contribution is 2.27. The van der Waals surface area contributed by atoms with E-state index in [9.17, 15) is 4.79 Å². The van der Waals surface area contributed by atoms with Crippen LogP contribution in [0.2, 0.25) is 0 Å². The van der Waals surface area contributed by atoms with E-state index in [1.807, 2.05) is 0 Å². The molecule has 0 aliphatic rings. The molecular formula is C17H20N2O5. The zero-order chi connectivity index (χ0) is 17.4. The smallest absolute Gasteiger partial charge is 0.354 e. The van der Waals surface area contributed by atoms with Crippen molar-refractivity contribution in [2.75, 3.05) is 32.7 Å². The van der Waals surface area contributed by atoms with Crippen LogP contribution in [0.15, 0.2) is 36.4 Å². The minimum Gasteiger partial charge on any atom is -0.496 e. The van der Waals surface area contributed by atoms with E-state index in [1.54, 1.807) is 44.6 Å². The molecule has 2 N–H and O–H groups in total. The van der Waals surface area contributed by atoms with Gasteiger partial charge in [0.2, 0.25) is 0 Å². The Bertz CT molecular complexity index is 668. The molecule has 0 saturated heterocycles. The summed E-state index contributed by atoms with van der Waals surface area (Å²) < 4.78 is 16.0. The fourth-order valence-corrected chi connectivity index (χ4v) is 2.00. The molecule has 0 unspecified atom stereocenters. The van der Waals surface area contributed by atoms with E-state index in [0.29, 0.717) is 36.2 Å². The van der Waals surface area contributed by atoms with Crippen molar-refractivity contribution in [2.24, 2.45) is 0 Å². The molecule has 2 rings (SSSR count). The van der Waals surface area contributed by atoms with Gasteiger partial charge in [-0.2, -0.15) is 0 Å². The average molecular weight is 332 g/mol. The molecule has 1 heterocycles. The van der Waals surface area contributed by atoms with Crippen molar-refractivity contribution in [1.82, 2.24) is 4.98 Å². The molecule has 7 nitrogen and oxygen atoms in total. The molecule has 0 amide bonds. The van der Waals surface area contributed by atoms with E-state index in [2.05, 4.69) is 10.3 Å². The van der Waals surface area contributed by atoms with E-state index < -0.39 is 5.97 Å². The van der Waals surface area contributed by atoms with Gasteiger partial charge in [-0.1, -0.05) is 6.07 Å². The van der Waals surface area contributed by atoms with Crippen LogP contribution in [0, 0.1) is 0 Å². The lowest BCUT2D eigenvalue weighted by Gasteiger charge is -2.11. The van der Waals surface area contributed by atoms with E-state index in [4.69, 9.17) is 19.3 Å². The third kappa shape index (κ3) is 5.05. The number of aromatic nitrogens is 1. The van der Waals surface area contributed by atoms with Gasteiger partial charge in [0, 0.05) is 24.7 Å². The number of ether oxygens (including phenoxy) is 3. The maximum absolute atomic E-state index is 10.9. The Morgan fingerprint density at radius 1 is 1.12 bits per heavy atom. The lowest BCUT2D eigenvalue weighted by Crippen LogP contribution is -2.10. The summed E-state index contributed by atoms with van der Waals surface area (Å²) in [5, 5.41) is 12.0. The van der Waals surface area contributed by atoms with E-state index in [1.165, 1.54) is 6.07 Å². The summed E-state index contributed by atoms with van der Waals surface area (Å²) >= 11 is 0. The van der Waals surface area contributed by atoms with Crippen molar-refractivity contribution < 1.29 is 24.1 Å². The van der Waals surface area contributed by atoms with Crippen molar-refractivity contribution in [3.05, 3.63) is 42.1 Å².